The molecule has 0 fully saturated rings. The van der Waals surface area contributed by atoms with Crippen molar-refractivity contribution in [1.82, 2.24) is 4.98 Å². The first-order chi connectivity index (χ1) is 15.9. The fourth-order valence-corrected chi connectivity index (χ4v) is 4.76. The van der Waals surface area contributed by atoms with E-state index >= 15 is 0 Å². The molecule has 0 aliphatic heterocycles. The molecule has 168 valence electrons. The molecule has 6 heteroatoms. The average molecular weight is 551 g/mol. The molecule has 1 heterocycles. The first-order valence-electron chi connectivity index (χ1n) is 10.8. The minimum Gasteiger partial charge on any atom is -0.492 e. The van der Waals surface area contributed by atoms with E-state index in [4.69, 9.17) is 21.2 Å². The van der Waals surface area contributed by atoms with Gasteiger partial charge in [0, 0.05) is 26.3 Å². The Morgan fingerprint density at radius 2 is 1.76 bits per heavy atom. The summed E-state index contributed by atoms with van der Waals surface area (Å²) in [7, 11) is 0. The number of rotatable bonds is 7. The van der Waals surface area contributed by atoms with Crippen molar-refractivity contribution in [2.45, 2.75) is 20.3 Å². The molecule has 3 aromatic carbocycles. The number of halogens is 1. The van der Waals surface area contributed by atoms with Gasteiger partial charge in [0.05, 0.1) is 12.1 Å². The Morgan fingerprint density at radius 3 is 2.45 bits per heavy atom. The Morgan fingerprint density at radius 1 is 1.00 bits per heavy atom. The van der Waals surface area contributed by atoms with Crippen LogP contribution in [0.3, 0.4) is 0 Å². The first-order valence-corrected chi connectivity index (χ1v) is 11.9. The van der Waals surface area contributed by atoms with Crippen LogP contribution in [-0.2, 0) is 0 Å². The lowest BCUT2D eigenvalue weighted by molar-refractivity contribution is 0.100. The molecule has 0 bridgehead atoms. The van der Waals surface area contributed by atoms with Gasteiger partial charge in [0.25, 0.3) is 0 Å². The van der Waals surface area contributed by atoms with Crippen molar-refractivity contribution < 1.29 is 9.53 Å². The Bertz CT molecular complexity index is 1330. The molecule has 4 rings (SSSR count). The molecule has 0 saturated carbocycles. The number of aromatic nitrogens is 1. The van der Waals surface area contributed by atoms with Crippen molar-refractivity contribution in [2.24, 2.45) is 11.5 Å². The summed E-state index contributed by atoms with van der Waals surface area (Å²) in [5.74, 6) is 0.347. The summed E-state index contributed by atoms with van der Waals surface area (Å²) >= 11 is 2.30. The van der Waals surface area contributed by atoms with Gasteiger partial charge in [-0.1, -0.05) is 41.5 Å². The summed E-state index contributed by atoms with van der Waals surface area (Å²) in [5.41, 5.74) is 18.9. The van der Waals surface area contributed by atoms with Gasteiger partial charge in [-0.05, 0) is 90.4 Å². The van der Waals surface area contributed by atoms with E-state index in [2.05, 4.69) is 60.7 Å². The van der Waals surface area contributed by atoms with E-state index < -0.39 is 5.91 Å². The van der Waals surface area contributed by atoms with Crippen molar-refractivity contribution >= 4 is 39.4 Å². The molecule has 0 radical (unpaired) electrons. The van der Waals surface area contributed by atoms with E-state index in [1.54, 1.807) is 6.07 Å². The first kappa shape index (κ1) is 23.2. The van der Waals surface area contributed by atoms with Gasteiger partial charge in [0.2, 0.25) is 5.91 Å². The summed E-state index contributed by atoms with van der Waals surface area (Å²) in [6.07, 6.45) is 2.64. The van der Waals surface area contributed by atoms with Crippen LogP contribution in [0, 0.1) is 17.4 Å². The van der Waals surface area contributed by atoms with Gasteiger partial charge in [-0.3, -0.25) is 9.78 Å². The van der Waals surface area contributed by atoms with Crippen molar-refractivity contribution in [2.75, 3.05) is 13.2 Å². The Hall–Kier alpha value is -2.97. The summed E-state index contributed by atoms with van der Waals surface area (Å²) < 4.78 is 7.35. The monoisotopic (exact) mass is 551 g/mol. The number of benzene rings is 3. The number of primary amides is 1. The Balaban J connectivity index is 1.95. The van der Waals surface area contributed by atoms with Gasteiger partial charge in [0.15, 0.2) is 0 Å². The van der Waals surface area contributed by atoms with Gasteiger partial charge in [-0.15, -0.1) is 0 Å². The van der Waals surface area contributed by atoms with Crippen LogP contribution in [0.15, 0.2) is 60.8 Å². The zero-order valence-electron chi connectivity index (χ0n) is 18.7. The van der Waals surface area contributed by atoms with Crippen LogP contribution in [0.1, 0.15) is 27.9 Å². The molecule has 0 unspecified atom stereocenters. The highest BCUT2D eigenvalue weighted by atomic mass is 127. The lowest BCUT2D eigenvalue weighted by Gasteiger charge is -2.17. The highest BCUT2D eigenvalue weighted by molar-refractivity contribution is 14.1. The summed E-state index contributed by atoms with van der Waals surface area (Å²) in [6.45, 7) is 5.26. The van der Waals surface area contributed by atoms with Crippen LogP contribution < -0.4 is 16.2 Å². The minimum atomic E-state index is -0.447. The summed E-state index contributed by atoms with van der Waals surface area (Å²) in [5, 5.41) is 0.920. The summed E-state index contributed by atoms with van der Waals surface area (Å²) in [6, 6.07) is 18.0. The summed E-state index contributed by atoms with van der Waals surface area (Å²) in [4.78, 5) is 16.5. The van der Waals surface area contributed by atoms with Crippen LogP contribution >= 0.6 is 22.6 Å². The topological polar surface area (TPSA) is 91.2 Å². The number of nitrogens with zero attached hydrogens (tertiary/aromatic N) is 1. The number of nitrogens with two attached hydrogens (primary N) is 2. The number of fused-ring (bicyclic) bond motifs is 1. The number of carbonyl (C=O) groups excluding carboxylic acids is 1. The molecule has 0 aliphatic carbocycles. The predicted molar refractivity (Wildman–Crippen MR) is 142 cm³/mol. The third-order valence-corrected chi connectivity index (χ3v) is 6.39. The lowest BCUT2D eigenvalue weighted by Crippen LogP contribution is -2.10. The van der Waals surface area contributed by atoms with Crippen LogP contribution in [0.4, 0.5) is 0 Å². The van der Waals surface area contributed by atoms with Crippen molar-refractivity contribution in [3.05, 3.63) is 81.1 Å². The predicted octanol–water partition coefficient (Wildman–Crippen LogP) is 5.62. The normalized spacial score (nSPS) is 11.0. The molecule has 1 aromatic heterocycles. The molecule has 0 saturated heterocycles. The van der Waals surface area contributed by atoms with E-state index in [1.165, 1.54) is 11.1 Å². The number of carbonyl (C=O) groups is 1. The van der Waals surface area contributed by atoms with E-state index in [9.17, 15) is 4.79 Å². The molecule has 5 nitrogen and oxygen atoms in total. The average Bonchev–Trinajstić information content (AvgIpc) is 2.78. The fourth-order valence-electron chi connectivity index (χ4n) is 4.00. The van der Waals surface area contributed by atoms with Gasteiger partial charge >= 0.3 is 0 Å². The third kappa shape index (κ3) is 5.02. The number of ether oxygens (including phenoxy) is 1. The number of aryl methyl sites for hydroxylation is 2. The highest BCUT2D eigenvalue weighted by Gasteiger charge is 2.16. The van der Waals surface area contributed by atoms with Gasteiger partial charge < -0.3 is 16.2 Å². The van der Waals surface area contributed by atoms with Crippen molar-refractivity contribution in [3.63, 3.8) is 0 Å². The maximum atomic E-state index is 11.7. The Kier molecular flexibility index (Phi) is 6.95. The van der Waals surface area contributed by atoms with E-state index in [-0.39, 0.29) is 0 Å². The minimum absolute atomic E-state index is 0.447. The lowest BCUT2D eigenvalue weighted by atomic mass is 9.97. The largest absolute Gasteiger partial charge is 0.492 e. The maximum Gasteiger partial charge on any atom is 0.248 e. The third-order valence-electron chi connectivity index (χ3n) is 5.49. The van der Waals surface area contributed by atoms with Crippen LogP contribution in [-0.4, -0.2) is 24.0 Å². The number of hydrogen-bond donors (Lipinski definition) is 2. The molecule has 0 atom stereocenters. The van der Waals surface area contributed by atoms with Crippen LogP contribution in [0.25, 0.3) is 33.2 Å². The second-order valence-corrected chi connectivity index (χ2v) is 9.32. The SMILES string of the molecule is Cc1cc(C)cc(-c2cnc3cc(I)c(-c4cccc(C(N)=O)c4)cc3c2OCCCN)c1. The molecular weight excluding hydrogens is 525 g/mol. The smallest absolute Gasteiger partial charge is 0.248 e. The zero-order chi connectivity index (χ0) is 23.5. The van der Waals surface area contributed by atoms with E-state index in [0.717, 1.165) is 48.9 Å². The molecule has 33 heavy (non-hydrogen) atoms. The van der Waals surface area contributed by atoms with Gasteiger partial charge in [-0.25, -0.2) is 0 Å². The molecule has 4 aromatic rings. The maximum absolute atomic E-state index is 11.7. The number of amides is 1. The highest BCUT2D eigenvalue weighted by Crippen LogP contribution is 2.40. The van der Waals surface area contributed by atoms with E-state index in [1.807, 2.05) is 30.5 Å². The second-order valence-electron chi connectivity index (χ2n) is 8.16. The number of pyridine rings is 1. The quantitative estimate of drug-likeness (QED) is 0.231. The molecule has 4 N–H and O–H groups in total. The second kappa shape index (κ2) is 9.89. The Labute approximate surface area is 207 Å². The standard InChI is InChI=1S/C27H26IN3O2/c1-16-9-17(2)11-20(10-16)23-15-31-25-14-24(28)21(13-22(25)26(23)33-8-4-7-29)18-5-3-6-19(12-18)27(30)32/h3,5-6,9-15H,4,7-8,29H2,1-2H3,(H2,30,32). The zero-order valence-corrected chi connectivity index (χ0v) is 20.8. The molecule has 0 aliphatic rings. The molecular formula is C27H26IN3O2. The van der Waals surface area contributed by atoms with E-state index in [0.29, 0.717) is 18.7 Å². The molecule has 0 spiro atoms. The van der Waals surface area contributed by atoms with Crippen LogP contribution in [0.5, 0.6) is 5.75 Å². The van der Waals surface area contributed by atoms with Crippen molar-refractivity contribution in [3.8, 4) is 28.0 Å². The van der Waals surface area contributed by atoms with Crippen LogP contribution in [0.2, 0.25) is 0 Å². The van der Waals surface area contributed by atoms with Crippen molar-refractivity contribution in [1.29, 1.82) is 0 Å². The number of hydrogen-bond acceptors (Lipinski definition) is 4. The molecule has 1 amide bonds. The van der Waals surface area contributed by atoms with Gasteiger partial charge in [-0.2, -0.15) is 0 Å². The fraction of sp³-hybridized carbons (Fsp3) is 0.185. The van der Waals surface area contributed by atoms with Gasteiger partial charge in [0.1, 0.15) is 5.75 Å².